The molecular weight excluding hydrogens is 254 g/mol. The second kappa shape index (κ2) is 6.52. The van der Waals surface area contributed by atoms with Gasteiger partial charge >= 0.3 is 0 Å². The molecule has 0 aliphatic heterocycles. The van der Waals surface area contributed by atoms with Crippen molar-refractivity contribution in [1.29, 1.82) is 0 Å². The van der Waals surface area contributed by atoms with Crippen molar-refractivity contribution >= 4 is 11.9 Å². The van der Waals surface area contributed by atoms with E-state index < -0.39 is 0 Å². The van der Waals surface area contributed by atoms with Gasteiger partial charge in [-0.1, -0.05) is 12.1 Å². The van der Waals surface area contributed by atoms with Crippen LogP contribution in [0.25, 0.3) is 6.08 Å². The molecule has 0 N–H and O–H groups in total. The van der Waals surface area contributed by atoms with Gasteiger partial charge < -0.3 is 9.47 Å². The highest BCUT2D eigenvalue weighted by molar-refractivity contribution is 6.06. The van der Waals surface area contributed by atoms with Crippen molar-refractivity contribution in [3.05, 3.63) is 59.9 Å². The lowest BCUT2D eigenvalue weighted by molar-refractivity contribution is 0.104. The third-order valence-electron chi connectivity index (χ3n) is 2.78. The van der Waals surface area contributed by atoms with Crippen molar-refractivity contribution in [2.45, 2.75) is 0 Å². The number of carbonyl (C=O) groups is 1. The zero-order valence-electron chi connectivity index (χ0n) is 11.4. The van der Waals surface area contributed by atoms with Crippen molar-refractivity contribution in [2.24, 2.45) is 0 Å². The molecule has 0 aliphatic carbocycles. The van der Waals surface area contributed by atoms with Crippen LogP contribution in [0.5, 0.6) is 11.5 Å². The Hall–Kier alpha value is -2.62. The fourth-order valence-electron chi connectivity index (χ4n) is 1.73. The Morgan fingerprint density at radius 2 is 1.95 bits per heavy atom. The number of rotatable bonds is 5. The molecule has 4 heteroatoms. The van der Waals surface area contributed by atoms with Crippen LogP contribution in [0.1, 0.15) is 15.9 Å². The third kappa shape index (κ3) is 3.23. The molecule has 0 spiro atoms. The summed E-state index contributed by atoms with van der Waals surface area (Å²) in [5.41, 5.74) is 1.42. The van der Waals surface area contributed by atoms with Crippen molar-refractivity contribution < 1.29 is 14.3 Å². The van der Waals surface area contributed by atoms with E-state index in [9.17, 15) is 4.79 Å². The number of ether oxygens (including phenoxy) is 2. The van der Waals surface area contributed by atoms with Gasteiger partial charge in [0.05, 0.1) is 14.2 Å². The van der Waals surface area contributed by atoms with E-state index in [4.69, 9.17) is 9.47 Å². The Labute approximate surface area is 117 Å². The standard InChI is InChI=1S/C16H15NO3/c1-19-15-8-6-12(10-16(15)20-2)5-7-14(18)13-4-3-9-17-11-13/h3-11H,1-2H3. The van der Waals surface area contributed by atoms with Crippen LogP contribution in [0.15, 0.2) is 48.8 Å². The molecule has 4 nitrogen and oxygen atoms in total. The van der Waals surface area contributed by atoms with Crippen molar-refractivity contribution in [3.8, 4) is 11.5 Å². The highest BCUT2D eigenvalue weighted by Crippen LogP contribution is 2.27. The molecule has 0 radical (unpaired) electrons. The summed E-state index contributed by atoms with van der Waals surface area (Å²) in [6, 6.07) is 8.93. The normalized spacial score (nSPS) is 10.5. The van der Waals surface area contributed by atoms with E-state index in [0.717, 1.165) is 5.56 Å². The zero-order valence-corrected chi connectivity index (χ0v) is 11.4. The Balaban J connectivity index is 2.17. The summed E-state index contributed by atoms with van der Waals surface area (Å²) in [5, 5.41) is 0. The SMILES string of the molecule is COc1ccc(C=CC(=O)c2cccnc2)cc1OC. The topological polar surface area (TPSA) is 48.4 Å². The molecule has 102 valence electrons. The summed E-state index contributed by atoms with van der Waals surface area (Å²) in [6.07, 6.45) is 6.42. The minimum absolute atomic E-state index is 0.0899. The summed E-state index contributed by atoms with van der Waals surface area (Å²) in [7, 11) is 3.16. The number of pyridine rings is 1. The Bertz CT molecular complexity index is 621. The number of nitrogens with zero attached hydrogens (tertiary/aromatic N) is 1. The average Bonchev–Trinajstić information content (AvgIpc) is 2.53. The molecule has 1 aromatic heterocycles. The third-order valence-corrected chi connectivity index (χ3v) is 2.78. The number of allylic oxidation sites excluding steroid dienone is 1. The van der Waals surface area contributed by atoms with E-state index in [0.29, 0.717) is 17.1 Å². The smallest absolute Gasteiger partial charge is 0.187 e. The van der Waals surface area contributed by atoms with Gasteiger partial charge in [0, 0.05) is 18.0 Å². The van der Waals surface area contributed by atoms with Gasteiger partial charge in [0.15, 0.2) is 17.3 Å². The van der Waals surface area contributed by atoms with Crippen LogP contribution >= 0.6 is 0 Å². The number of aromatic nitrogens is 1. The first kappa shape index (κ1) is 13.8. The number of hydrogen-bond donors (Lipinski definition) is 0. The van der Waals surface area contributed by atoms with Crippen LogP contribution in [0, 0.1) is 0 Å². The molecule has 0 fully saturated rings. The lowest BCUT2D eigenvalue weighted by Gasteiger charge is -2.07. The van der Waals surface area contributed by atoms with Crippen LogP contribution in [0.4, 0.5) is 0 Å². The molecule has 20 heavy (non-hydrogen) atoms. The molecule has 1 aromatic carbocycles. The van der Waals surface area contributed by atoms with Gasteiger partial charge in [-0.05, 0) is 35.9 Å². The fraction of sp³-hybridized carbons (Fsp3) is 0.125. The van der Waals surface area contributed by atoms with Gasteiger partial charge in [-0.15, -0.1) is 0 Å². The molecule has 0 saturated carbocycles. The predicted molar refractivity (Wildman–Crippen MR) is 77.1 cm³/mol. The molecule has 0 atom stereocenters. The lowest BCUT2D eigenvalue weighted by Crippen LogP contribution is -1.94. The molecule has 0 unspecified atom stereocenters. The first-order chi connectivity index (χ1) is 9.74. The van der Waals surface area contributed by atoms with Crippen molar-refractivity contribution in [2.75, 3.05) is 14.2 Å². The highest BCUT2D eigenvalue weighted by Gasteiger charge is 2.04. The monoisotopic (exact) mass is 269 g/mol. The van der Waals surface area contributed by atoms with Crippen LogP contribution in [0.2, 0.25) is 0 Å². The number of hydrogen-bond acceptors (Lipinski definition) is 4. The summed E-state index contributed by atoms with van der Waals surface area (Å²) in [6.45, 7) is 0. The molecule has 0 amide bonds. The van der Waals surface area contributed by atoms with Crippen LogP contribution in [0.3, 0.4) is 0 Å². The van der Waals surface area contributed by atoms with Gasteiger partial charge in [-0.25, -0.2) is 0 Å². The molecule has 0 aliphatic rings. The van der Waals surface area contributed by atoms with E-state index in [1.165, 1.54) is 6.08 Å². The van der Waals surface area contributed by atoms with Gasteiger partial charge in [0.1, 0.15) is 0 Å². The maximum absolute atomic E-state index is 11.9. The second-order valence-electron chi connectivity index (χ2n) is 4.05. The van der Waals surface area contributed by atoms with Crippen molar-refractivity contribution in [3.63, 3.8) is 0 Å². The zero-order chi connectivity index (χ0) is 14.4. The van der Waals surface area contributed by atoms with E-state index >= 15 is 0 Å². The minimum atomic E-state index is -0.0899. The molecule has 2 aromatic rings. The van der Waals surface area contributed by atoms with E-state index in [-0.39, 0.29) is 5.78 Å². The maximum atomic E-state index is 11.9. The van der Waals surface area contributed by atoms with E-state index in [2.05, 4.69) is 4.98 Å². The predicted octanol–water partition coefficient (Wildman–Crippen LogP) is 2.99. The fourth-order valence-corrected chi connectivity index (χ4v) is 1.73. The largest absolute Gasteiger partial charge is 0.493 e. The van der Waals surface area contributed by atoms with Gasteiger partial charge in [0.2, 0.25) is 0 Å². The second-order valence-corrected chi connectivity index (χ2v) is 4.05. The van der Waals surface area contributed by atoms with E-state index in [1.54, 1.807) is 50.9 Å². The number of benzene rings is 1. The van der Waals surface area contributed by atoms with Crippen LogP contribution in [-0.4, -0.2) is 25.0 Å². The van der Waals surface area contributed by atoms with Crippen molar-refractivity contribution in [1.82, 2.24) is 4.98 Å². The van der Waals surface area contributed by atoms with Crippen LogP contribution < -0.4 is 9.47 Å². The summed E-state index contributed by atoms with van der Waals surface area (Å²) in [5.74, 6) is 1.19. The quantitative estimate of drug-likeness (QED) is 0.618. The van der Waals surface area contributed by atoms with E-state index in [1.807, 2.05) is 12.1 Å². The molecular formula is C16H15NO3. The highest BCUT2D eigenvalue weighted by atomic mass is 16.5. The number of methoxy groups -OCH3 is 2. The average molecular weight is 269 g/mol. The Morgan fingerprint density at radius 1 is 1.15 bits per heavy atom. The maximum Gasteiger partial charge on any atom is 0.187 e. The molecule has 1 heterocycles. The molecule has 2 rings (SSSR count). The number of carbonyl (C=O) groups excluding carboxylic acids is 1. The number of ketones is 1. The van der Waals surface area contributed by atoms with Gasteiger partial charge in [-0.3, -0.25) is 9.78 Å². The van der Waals surface area contributed by atoms with Crippen LogP contribution in [-0.2, 0) is 0 Å². The lowest BCUT2D eigenvalue weighted by atomic mass is 10.1. The summed E-state index contributed by atoms with van der Waals surface area (Å²) in [4.78, 5) is 15.8. The molecule has 0 saturated heterocycles. The molecule has 0 bridgehead atoms. The van der Waals surface area contributed by atoms with Gasteiger partial charge in [0.25, 0.3) is 0 Å². The first-order valence-corrected chi connectivity index (χ1v) is 6.09. The Kier molecular flexibility index (Phi) is 4.50. The minimum Gasteiger partial charge on any atom is -0.493 e. The summed E-state index contributed by atoms with van der Waals surface area (Å²) >= 11 is 0. The first-order valence-electron chi connectivity index (χ1n) is 6.09. The van der Waals surface area contributed by atoms with Gasteiger partial charge in [-0.2, -0.15) is 0 Å². The Morgan fingerprint density at radius 3 is 2.60 bits per heavy atom. The summed E-state index contributed by atoms with van der Waals surface area (Å²) < 4.78 is 10.4.